The molecule has 4 nitrogen and oxygen atoms in total. The summed E-state index contributed by atoms with van der Waals surface area (Å²) >= 11 is 1.81. The van der Waals surface area contributed by atoms with Crippen LogP contribution in [0.2, 0.25) is 0 Å². The Kier molecular flexibility index (Phi) is 5.41. The first-order valence-corrected chi connectivity index (χ1v) is 16.1. The van der Waals surface area contributed by atoms with E-state index in [2.05, 4.69) is 115 Å². The van der Waals surface area contributed by atoms with Crippen molar-refractivity contribution in [3.05, 3.63) is 140 Å². The third-order valence-corrected chi connectivity index (χ3v) is 10.0. The summed E-state index contributed by atoms with van der Waals surface area (Å²) < 4.78 is 8.90. The van der Waals surface area contributed by atoms with Crippen LogP contribution in [-0.4, -0.2) is 15.0 Å². The van der Waals surface area contributed by atoms with Gasteiger partial charge in [-0.2, -0.15) is 0 Å². The molecule has 0 unspecified atom stereocenters. The van der Waals surface area contributed by atoms with E-state index in [1.807, 2.05) is 24.3 Å². The zero-order chi connectivity index (χ0) is 30.2. The molecular weight excluding hydrogens is 583 g/mol. The molecule has 0 fully saturated rings. The molecule has 5 heteroatoms. The summed E-state index contributed by atoms with van der Waals surface area (Å²) in [6.45, 7) is 0. The van der Waals surface area contributed by atoms with Crippen LogP contribution in [0.5, 0.6) is 0 Å². The Morgan fingerprint density at radius 1 is 0.435 bits per heavy atom. The molecule has 0 spiro atoms. The minimum atomic E-state index is 0.583. The SMILES string of the molecule is c1ccc2cc(-c3nc(-c4cccc5c4oc4ccccc45)nc(-c4cccc5sc6cc7ccccc7cc6c45)n3)ccc2c1. The average molecular weight is 606 g/mol. The second-order valence-corrected chi connectivity index (χ2v) is 12.7. The van der Waals surface area contributed by atoms with Crippen LogP contribution >= 0.6 is 11.3 Å². The third-order valence-electron chi connectivity index (χ3n) is 8.89. The Morgan fingerprint density at radius 3 is 1.96 bits per heavy atom. The summed E-state index contributed by atoms with van der Waals surface area (Å²) in [7, 11) is 0. The molecule has 0 bridgehead atoms. The highest BCUT2D eigenvalue weighted by molar-refractivity contribution is 7.26. The minimum Gasteiger partial charge on any atom is -0.455 e. The van der Waals surface area contributed by atoms with Crippen LogP contribution in [0, 0.1) is 0 Å². The lowest BCUT2D eigenvalue weighted by atomic mass is 10.0. The maximum atomic E-state index is 6.44. The predicted octanol–water partition coefficient (Wildman–Crippen LogP) is 11.4. The summed E-state index contributed by atoms with van der Waals surface area (Å²) in [6.07, 6.45) is 0. The van der Waals surface area contributed by atoms with Gasteiger partial charge in [0.05, 0.1) is 5.56 Å². The smallest absolute Gasteiger partial charge is 0.167 e. The molecule has 0 atom stereocenters. The van der Waals surface area contributed by atoms with Crippen molar-refractivity contribution in [2.45, 2.75) is 0 Å². The first-order chi connectivity index (χ1) is 22.8. The fourth-order valence-corrected chi connectivity index (χ4v) is 7.86. The van der Waals surface area contributed by atoms with Gasteiger partial charge in [-0.1, -0.05) is 103 Å². The van der Waals surface area contributed by atoms with Gasteiger partial charge in [-0.3, -0.25) is 0 Å². The third kappa shape index (κ3) is 3.89. The Labute approximate surface area is 267 Å². The van der Waals surface area contributed by atoms with Gasteiger partial charge in [-0.15, -0.1) is 11.3 Å². The highest BCUT2D eigenvalue weighted by atomic mass is 32.1. The Hall–Kier alpha value is -5.91. The van der Waals surface area contributed by atoms with Gasteiger partial charge in [-0.05, 0) is 57.9 Å². The van der Waals surface area contributed by atoms with E-state index in [0.29, 0.717) is 17.5 Å². The normalized spacial score (nSPS) is 11.9. The molecule has 10 aromatic rings. The summed E-state index contributed by atoms with van der Waals surface area (Å²) in [5.41, 5.74) is 4.38. The maximum Gasteiger partial charge on any atom is 0.167 e. The summed E-state index contributed by atoms with van der Waals surface area (Å²) in [5.74, 6) is 1.85. The molecule has 0 aliphatic carbocycles. The van der Waals surface area contributed by atoms with E-state index < -0.39 is 0 Å². The van der Waals surface area contributed by atoms with E-state index >= 15 is 0 Å². The number of nitrogens with zero attached hydrogens (tertiary/aromatic N) is 3. The van der Waals surface area contributed by atoms with E-state index in [9.17, 15) is 0 Å². The molecule has 0 saturated heterocycles. The number of hydrogen-bond acceptors (Lipinski definition) is 5. The van der Waals surface area contributed by atoms with Gasteiger partial charge < -0.3 is 4.42 Å². The summed E-state index contributed by atoms with van der Waals surface area (Å²) in [6, 6.07) is 48.6. The van der Waals surface area contributed by atoms with E-state index in [0.717, 1.165) is 49.4 Å². The van der Waals surface area contributed by atoms with E-state index in [4.69, 9.17) is 19.4 Å². The van der Waals surface area contributed by atoms with E-state index in [1.165, 1.54) is 30.9 Å². The van der Waals surface area contributed by atoms with Crippen molar-refractivity contribution < 1.29 is 4.42 Å². The fraction of sp³-hybridized carbons (Fsp3) is 0. The predicted molar refractivity (Wildman–Crippen MR) is 191 cm³/mol. The highest BCUT2D eigenvalue weighted by Gasteiger charge is 2.20. The topological polar surface area (TPSA) is 51.8 Å². The number of thiophene rings is 1. The van der Waals surface area contributed by atoms with Crippen molar-refractivity contribution in [1.29, 1.82) is 0 Å². The van der Waals surface area contributed by atoms with Gasteiger partial charge in [0.2, 0.25) is 0 Å². The molecule has 0 amide bonds. The first-order valence-electron chi connectivity index (χ1n) is 15.3. The van der Waals surface area contributed by atoms with Crippen LogP contribution in [0.25, 0.3) is 97.8 Å². The number of fused-ring (bicyclic) bond motifs is 8. The molecule has 10 rings (SSSR count). The lowest BCUT2D eigenvalue weighted by Gasteiger charge is -2.10. The van der Waals surface area contributed by atoms with Gasteiger partial charge >= 0.3 is 0 Å². The number of para-hydroxylation sites is 2. The first kappa shape index (κ1) is 25.4. The quantitative estimate of drug-likeness (QED) is 0.201. The molecule has 214 valence electrons. The Bertz CT molecular complexity index is 2830. The largest absolute Gasteiger partial charge is 0.455 e. The van der Waals surface area contributed by atoms with E-state index in [-0.39, 0.29) is 0 Å². The molecule has 0 aliphatic rings. The molecule has 0 N–H and O–H groups in total. The van der Waals surface area contributed by atoms with E-state index in [1.54, 1.807) is 11.3 Å². The summed E-state index contributed by atoms with van der Waals surface area (Å²) in [4.78, 5) is 15.5. The zero-order valence-corrected chi connectivity index (χ0v) is 25.3. The highest BCUT2D eigenvalue weighted by Crippen LogP contribution is 2.42. The maximum absolute atomic E-state index is 6.44. The molecule has 0 saturated carbocycles. The lowest BCUT2D eigenvalue weighted by molar-refractivity contribution is 0.669. The lowest BCUT2D eigenvalue weighted by Crippen LogP contribution is -2.00. The summed E-state index contributed by atoms with van der Waals surface area (Å²) in [5, 5.41) is 9.26. The van der Waals surface area contributed by atoms with Crippen LogP contribution in [0.4, 0.5) is 0 Å². The number of benzene rings is 7. The van der Waals surface area contributed by atoms with Crippen LogP contribution in [0.1, 0.15) is 0 Å². The molecule has 0 radical (unpaired) electrons. The number of aromatic nitrogens is 3. The van der Waals surface area contributed by atoms with Crippen molar-refractivity contribution in [2.24, 2.45) is 0 Å². The van der Waals surface area contributed by atoms with Crippen LogP contribution < -0.4 is 0 Å². The molecule has 3 heterocycles. The van der Waals surface area contributed by atoms with Gasteiger partial charge in [0.25, 0.3) is 0 Å². The van der Waals surface area contributed by atoms with Gasteiger partial charge in [-0.25, -0.2) is 15.0 Å². The van der Waals surface area contributed by atoms with Crippen molar-refractivity contribution in [3.8, 4) is 34.2 Å². The van der Waals surface area contributed by atoms with Crippen molar-refractivity contribution in [3.63, 3.8) is 0 Å². The molecule has 7 aromatic carbocycles. The second kappa shape index (κ2) is 9.80. The van der Waals surface area contributed by atoms with Gasteiger partial charge in [0.1, 0.15) is 11.2 Å². The Balaban J connectivity index is 1.27. The number of hydrogen-bond donors (Lipinski definition) is 0. The monoisotopic (exact) mass is 605 g/mol. The minimum absolute atomic E-state index is 0.583. The van der Waals surface area contributed by atoms with Crippen LogP contribution in [-0.2, 0) is 0 Å². The molecule has 46 heavy (non-hydrogen) atoms. The van der Waals surface area contributed by atoms with Gasteiger partial charge in [0.15, 0.2) is 17.5 Å². The average Bonchev–Trinajstić information content (AvgIpc) is 3.68. The second-order valence-electron chi connectivity index (χ2n) is 11.6. The molecule has 3 aromatic heterocycles. The van der Waals surface area contributed by atoms with Crippen molar-refractivity contribution in [1.82, 2.24) is 15.0 Å². The molecular formula is C41H23N3OS. The number of rotatable bonds is 3. The van der Waals surface area contributed by atoms with Crippen LogP contribution in [0.15, 0.2) is 144 Å². The zero-order valence-electron chi connectivity index (χ0n) is 24.4. The standard InChI is InChI=1S/C41H23N3OS/c1-2-10-25-21-28(20-19-24(25)9-1)39-42-40(44-41(43-39)32-16-7-14-30-29-13-5-6-17-34(29)45-38(30)32)31-15-8-18-35-37(31)33-22-26-11-3-4-12-27(26)23-36(33)46-35/h1-23H. The molecule has 0 aliphatic heterocycles. The number of furan rings is 1. The van der Waals surface area contributed by atoms with Crippen molar-refractivity contribution in [2.75, 3.05) is 0 Å². The van der Waals surface area contributed by atoms with Crippen molar-refractivity contribution >= 4 is 75.0 Å². The van der Waals surface area contributed by atoms with Gasteiger partial charge in [0, 0.05) is 42.1 Å². The van der Waals surface area contributed by atoms with Crippen LogP contribution in [0.3, 0.4) is 0 Å². The Morgan fingerprint density at radius 2 is 1.09 bits per heavy atom. The fourth-order valence-electron chi connectivity index (χ4n) is 6.70.